The largest absolute Gasteiger partial charge is 0.497 e. The van der Waals surface area contributed by atoms with Crippen molar-refractivity contribution in [3.05, 3.63) is 137 Å². The Morgan fingerprint density at radius 3 is 2.08 bits per heavy atom. The van der Waals surface area contributed by atoms with Crippen LogP contribution in [0.1, 0.15) is 101 Å². The highest BCUT2D eigenvalue weighted by atomic mass is 32.2. The van der Waals surface area contributed by atoms with E-state index in [4.69, 9.17) is 23.4 Å². The standard InChI is InChI=1S/C55H69F2N5O10SSi.CH4/c1-54(2,3)74(6,7)72-52-50(39-28-34(40(56)29-41(39)57)30-59-47(65)31-60-46(64)21-15-14-20-44-49-42(33-73-44)61-53(67)62-49)70-43(51(52)71-48(66)27-26-45(63)58-4)32-69-55(35-16-10-8-11-17-35,36-18-12-9-13-19-36)37-22-24-38(68-5)25-23-37;/h8-13,16-19,22-25,28-29,42-44,49-52H,14-15,20-21,26-27,30-33H2,1-7H3,(H,58,63)(H,59,65)(H,60,64)(H2,61,62,67);1H4/t42-,43+,44-,49-,50-,51?,52+;/m0./s1. The van der Waals surface area contributed by atoms with Crippen LogP contribution in [0.2, 0.25) is 18.1 Å². The number of esters is 1. The summed E-state index contributed by atoms with van der Waals surface area (Å²) in [5.41, 5.74) is 0.804. The number of fused-ring (bicyclic) bond motifs is 1. The lowest BCUT2D eigenvalue weighted by Crippen LogP contribution is -2.50. The van der Waals surface area contributed by atoms with Crippen molar-refractivity contribution in [2.75, 3.05) is 33.1 Å². The molecule has 3 fully saturated rings. The Kier molecular flexibility index (Phi) is 20.1. The number of nitrogens with one attached hydrogen (secondary N) is 5. The number of unbranched alkanes of at least 4 members (excludes halogenated alkanes) is 1. The molecule has 0 bridgehead atoms. The first kappa shape index (κ1) is 58.4. The minimum absolute atomic E-state index is 0. The molecule has 0 saturated carbocycles. The van der Waals surface area contributed by atoms with Crippen LogP contribution in [0.4, 0.5) is 13.6 Å². The van der Waals surface area contributed by atoms with Gasteiger partial charge in [-0.15, -0.1) is 0 Å². The maximum atomic E-state index is 16.6. The molecule has 5 N–H and O–H groups in total. The van der Waals surface area contributed by atoms with Gasteiger partial charge in [-0.3, -0.25) is 19.2 Å². The zero-order valence-electron chi connectivity index (χ0n) is 43.1. The molecular formula is C56H73F2N5O10SSi. The van der Waals surface area contributed by atoms with Gasteiger partial charge in [-0.25, -0.2) is 13.6 Å². The van der Waals surface area contributed by atoms with E-state index in [-0.39, 0.29) is 92.7 Å². The number of hydrogen-bond acceptors (Lipinski definition) is 11. The van der Waals surface area contributed by atoms with E-state index < -0.39 is 66.9 Å². The molecule has 0 aliphatic carbocycles. The minimum Gasteiger partial charge on any atom is -0.497 e. The molecule has 75 heavy (non-hydrogen) atoms. The molecule has 4 aromatic carbocycles. The molecule has 3 aliphatic rings. The summed E-state index contributed by atoms with van der Waals surface area (Å²) in [6, 6.07) is 28.7. The van der Waals surface area contributed by atoms with Crippen LogP contribution in [0.3, 0.4) is 0 Å². The average molecular weight is 1070 g/mol. The first-order valence-corrected chi connectivity index (χ1v) is 29.1. The molecule has 15 nitrogen and oxygen atoms in total. The van der Waals surface area contributed by atoms with E-state index in [9.17, 15) is 24.0 Å². The Hall–Kier alpha value is -5.86. The molecule has 0 spiro atoms. The van der Waals surface area contributed by atoms with E-state index >= 15 is 8.78 Å². The molecule has 3 heterocycles. The Morgan fingerprint density at radius 2 is 1.45 bits per heavy atom. The molecule has 19 heteroatoms. The van der Waals surface area contributed by atoms with Crippen LogP contribution in [0.25, 0.3) is 0 Å². The highest BCUT2D eigenvalue weighted by molar-refractivity contribution is 8.00. The number of urea groups is 1. The van der Waals surface area contributed by atoms with E-state index in [0.29, 0.717) is 12.2 Å². The fraction of sp³-hybridized carbons (Fsp3) is 0.482. The quantitative estimate of drug-likeness (QED) is 0.0158. The van der Waals surface area contributed by atoms with Gasteiger partial charge < -0.3 is 50.0 Å². The van der Waals surface area contributed by atoms with Crippen molar-refractivity contribution < 1.29 is 56.1 Å². The van der Waals surface area contributed by atoms with Crippen LogP contribution in [-0.4, -0.2) is 107 Å². The zero-order valence-corrected chi connectivity index (χ0v) is 44.9. The normalized spacial score (nSPS) is 21.2. The van der Waals surface area contributed by atoms with E-state index in [1.807, 2.05) is 119 Å². The SMILES string of the molecule is C.CNC(=O)CCC(=O)OC1[C@@H](COC(c2ccccc2)(c2ccccc2)c2ccc(OC)cc2)O[C@@H](c2cc(CNC(=O)CNC(=O)CCCC[C@@H]3SC[C@@H]4NC(=O)N[C@@H]43)c(F)cc2F)[C@H]1O[Si](C)(C)C(C)(C)C. The molecule has 0 aromatic heterocycles. The van der Waals surface area contributed by atoms with Crippen molar-refractivity contribution in [1.82, 2.24) is 26.6 Å². The molecule has 7 atom stereocenters. The monoisotopic (exact) mass is 1070 g/mol. The summed E-state index contributed by atoms with van der Waals surface area (Å²) in [4.78, 5) is 63.7. The molecule has 1 unspecified atom stereocenters. The second kappa shape index (κ2) is 25.8. The number of thioether (sulfide) groups is 1. The van der Waals surface area contributed by atoms with Crippen molar-refractivity contribution in [3.8, 4) is 5.75 Å². The minimum atomic E-state index is -2.84. The van der Waals surface area contributed by atoms with E-state index in [0.717, 1.165) is 41.4 Å². The lowest BCUT2D eigenvalue weighted by molar-refractivity contribution is -0.159. The Balaban J connectivity index is 0.00000914. The number of rotatable bonds is 23. The van der Waals surface area contributed by atoms with Gasteiger partial charge in [0.25, 0.3) is 0 Å². The van der Waals surface area contributed by atoms with Crippen molar-refractivity contribution in [1.29, 1.82) is 0 Å². The Labute approximate surface area is 444 Å². The van der Waals surface area contributed by atoms with Crippen LogP contribution in [0, 0.1) is 11.6 Å². The predicted octanol–water partition coefficient (Wildman–Crippen LogP) is 8.34. The Bertz CT molecular complexity index is 2550. The van der Waals surface area contributed by atoms with E-state index in [2.05, 4.69) is 26.6 Å². The van der Waals surface area contributed by atoms with Gasteiger partial charge in [0.2, 0.25) is 17.7 Å². The van der Waals surface area contributed by atoms with Crippen LogP contribution in [0.15, 0.2) is 97.1 Å². The first-order valence-electron chi connectivity index (χ1n) is 25.2. The third kappa shape index (κ3) is 14.1. The summed E-state index contributed by atoms with van der Waals surface area (Å²) >= 11 is 1.80. The highest BCUT2D eigenvalue weighted by Gasteiger charge is 2.54. The van der Waals surface area contributed by atoms with Crippen LogP contribution in [-0.2, 0) is 50.0 Å². The number of amides is 5. The van der Waals surface area contributed by atoms with Gasteiger partial charge in [0.1, 0.15) is 41.3 Å². The molecule has 406 valence electrons. The summed E-state index contributed by atoms with van der Waals surface area (Å²) in [5, 5.41) is 13.5. The lowest BCUT2D eigenvalue weighted by Gasteiger charge is -2.40. The molecule has 5 amide bonds. The molecule has 7 rings (SSSR count). The summed E-state index contributed by atoms with van der Waals surface area (Å²) in [6.45, 7) is 9.12. The number of carbonyl (C=O) groups is 5. The zero-order chi connectivity index (χ0) is 53.2. The van der Waals surface area contributed by atoms with Crippen molar-refractivity contribution in [2.24, 2.45) is 0 Å². The van der Waals surface area contributed by atoms with Gasteiger partial charge in [-0.05, 0) is 65.9 Å². The van der Waals surface area contributed by atoms with Gasteiger partial charge in [0.15, 0.2) is 14.4 Å². The predicted molar refractivity (Wildman–Crippen MR) is 286 cm³/mol. The first-order chi connectivity index (χ1) is 35.3. The van der Waals surface area contributed by atoms with E-state index in [1.165, 1.54) is 13.1 Å². The average Bonchev–Trinajstić information content (AvgIpc) is 4.05. The lowest BCUT2D eigenvalue weighted by atomic mass is 9.80. The number of hydrogen-bond donors (Lipinski definition) is 5. The van der Waals surface area contributed by atoms with Gasteiger partial charge >= 0.3 is 12.0 Å². The van der Waals surface area contributed by atoms with Gasteiger partial charge in [-0.1, -0.05) is 107 Å². The third-order valence-corrected chi connectivity index (χ3v) is 20.4. The summed E-state index contributed by atoms with van der Waals surface area (Å²) in [6.07, 6.45) is -2.83. The fourth-order valence-electron chi connectivity index (χ4n) is 9.34. The van der Waals surface area contributed by atoms with Crippen molar-refractivity contribution in [3.63, 3.8) is 0 Å². The number of carbonyl (C=O) groups excluding carboxylic acids is 5. The summed E-state index contributed by atoms with van der Waals surface area (Å²) < 4.78 is 65.4. The smallest absolute Gasteiger partial charge is 0.315 e. The maximum Gasteiger partial charge on any atom is 0.315 e. The maximum absolute atomic E-state index is 16.6. The molecular weight excluding hydrogens is 1000 g/mol. The number of methoxy groups -OCH3 is 1. The van der Waals surface area contributed by atoms with Crippen LogP contribution >= 0.6 is 11.8 Å². The number of benzene rings is 4. The van der Waals surface area contributed by atoms with E-state index in [1.54, 1.807) is 18.9 Å². The van der Waals surface area contributed by atoms with Crippen molar-refractivity contribution in [2.45, 2.75) is 139 Å². The van der Waals surface area contributed by atoms with Crippen LogP contribution < -0.4 is 31.3 Å². The molecule has 4 aromatic rings. The number of halogens is 2. The van der Waals surface area contributed by atoms with Gasteiger partial charge in [-0.2, -0.15) is 11.8 Å². The fourth-order valence-corrected chi connectivity index (χ4v) is 12.2. The second-order valence-electron chi connectivity index (χ2n) is 20.4. The molecule has 0 radical (unpaired) electrons. The van der Waals surface area contributed by atoms with Gasteiger partial charge in [0, 0.05) is 54.6 Å². The van der Waals surface area contributed by atoms with Crippen molar-refractivity contribution >= 4 is 49.8 Å². The second-order valence-corrected chi connectivity index (χ2v) is 26.4. The van der Waals surface area contributed by atoms with Crippen LogP contribution in [0.5, 0.6) is 5.75 Å². The topological polar surface area (TPSA) is 192 Å². The molecule has 3 saturated heterocycles. The number of ether oxygens (including phenoxy) is 4. The highest BCUT2D eigenvalue weighted by Crippen LogP contribution is 2.47. The summed E-state index contributed by atoms with van der Waals surface area (Å²) in [7, 11) is 0.205. The third-order valence-electron chi connectivity index (χ3n) is 14.4. The summed E-state index contributed by atoms with van der Waals surface area (Å²) in [5.74, 6) is -2.40. The van der Waals surface area contributed by atoms with Gasteiger partial charge in [0.05, 0.1) is 38.8 Å². The molecule has 3 aliphatic heterocycles. The Morgan fingerprint density at radius 1 is 0.800 bits per heavy atom.